The molecular weight excluding hydrogens is 304 g/mol. The maximum absolute atomic E-state index is 10.7. The number of carbonyl (C=O) groups is 1. The third-order valence-corrected chi connectivity index (χ3v) is 3.93. The zero-order valence-corrected chi connectivity index (χ0v) is 14.1. The smallest absolute Gasteiger partial charge is 0.150 e. The molecule has 1 nitrogen and oxygen atoms in total. The highest BCUT2D eigenvalue weighted by Crippen LogP contribution is 2.24. The summed E-state index contributed by atoms with van der Waals surface area (Å²) in [7, 11) is 0. The Bertz CT molecular complexity index is 949. The van der Waals surface area contributed by atoms with Crippen LogP contribution < -0.4 is 0 Å². The number of carbonyl (C=O) groups excluding carboxylic acids is 1. The molecule has 120 valence electrons. The van der Waals surface area contributed by atoms with Crippen LogP contribution in [0.25, 0.3) is 17.2 Å². The zero-order chi connectivity index (χ0) is 17.5. The summed E-state index contributed by atoms with van der Waals surface area (Å²) in [5.41, 5.74) is 6.33. The maximum Gasteiger partial charge on any atom is 0.150 e. The van der Waals surface area contributed by atoms with Crippen molar-refractivity contribution < 1.29 is 4.79 Å². The molecule has 0 radical (unpaired) electrons. The van der Waals surface area contributed by atoms with E-state index in [9.17, 15) is 4.79 Å². The van der Waals surface area contributed by atoms with Gasteiger partial charge in [0.15, 0.2) is 0 Å². The molecular formula is C24H18O. The summed E-state index contributed by atoms with van der Waals surface area (Å²) in [6.45, 7) is 2.09. The molecule has 25 heavy (non-hydrogen) atoms. The van der Waals surface area contributed by atoms with Crippen molar-refractivity contribution in [3.63, 3.8) is 0 Å². The van der Waals surface area contributed by atoms with Gasteiger partial charge < -0.3 is 0 Å². The van der Waals surface area contributed by atoms with Gasteiger partial charge in [0.2, 0.25) is 0 Å². The molecule has 0 aliphatic rings. The average Bonchev–Trinajstić information content (AvgIpc) is 2.67. The topological polar surface area (TPSA) is 17.1 Å². The summed E-state index contributed by atoms with van der Waals surface area (Å²) in [5, 5.41) is 0. The van der Waals surface area contributed by atoms with Crippen molar-refractivity contribution in [2.24, 2.45) is 0 Å². The number of aldehydes is 1. The van der Waals surface area contributed by atoms with E-state index in [1.54, 1.807) is 12.1 Å². The van der Waals surface area contributed by atoms with Gasteiger partial charge in [-0.2, -0.15) is 0 Å². The van der Waals surface area contributed by atoms with Crippen molar-refractivity contribution in [1.29, 1.82) is 0 Å². The van der Waals surface area contributed by atoms with Crippen LogP contribution in [-0.2, 0) is 0 Å². The first-order chi connectivity index (χ1) is 12.3. The van der Waals surface area contributed by atoms with E-state index >= 15 is 0 Å². The summed E-state index contributed by atoms with van der Waals surface area (Å²) in [5.74, 6) is 6.14. The van der Waals surface area contributed by atoms with E-state index in [-0.39, 0.29) is 0 Å². The summed E-state index contributed by atoms with van der Waals surface area (Å²) >= 11 is 0. The van der Waals surface area contributed by atoms with Crippen molar-refractivity contribution in [3.8, 4) is 23.0 Å². The SMILES string of the molecule is Cc1ccc(-c2ccccc2/C=C/C#Cc2ccc(C=O)cc2)cc1. The van der Waals surface area contributed by atoms with Gasteiger partial charge in [-0.25, -0.2) is 0 Å². The largest absolute Gasteiger partial charge is 0.298 e. The van der Waals surface area contributed by atoms with E-state index in [4.69, 9.17) is 0 Å². The Kier molecular flexibility index (Phi) is 5.24. The van der Waals surface area contributed by atoms with Crippen molar-refractivity contribution in [1.82, 2.24) is 0 Å². The van der Waals surface area contributed by atoms with Crippen LogP contribution in [0.3, 0.4) is 0 Å². The lowest BCUT2D eigenvalue weighted by Crippen LogP contribution is -1.83. The second-order valence-corrected chi connectivity index (χ2v) is 5.80. The first-order valence-corrected chi connectivity index (χ1v) is 8.16. The Balaban J connectivity index is 1.81. The third-order valence-electron chi connectivity index (χ3n) is 3.93. The minimum absolute atomic E-state index is 0.660. The van der Waals surface area contributed by atoms with E-state index in [2.05, 4.69) is 55.2 Å². The number of aryl methyl sites for hydroxylation is 1. The molecule has 3 aromatic rings. The second kappa shape index (κ2) is 7.95. The van der Waals surface area contributed by atoms with Crippen LogP contribution in [0.2, 0.25) is 0 Å². The molecule has 0 amide bonds. The van der Waals surface area contributed by atoms with Crippen LogP contribution in [0, 0.1) is 18.8 Å². The molecule has 0 saturated carbocycles. The van der Waals surface area contributed by atoms with E-state index < -0.39 is 0 Å². The number of hydrogen-bond donors (Lipinski definition) is 0. The fourth-order valence-corrected chi connectivity index (χ4v) is 2.54. The van der Waals surface area contributed by atoms with E-state index in [1.165, 1.54) is 16.7 Å². The molecule has 0 atom stereocenters. The predicted octanol–water partition coefficient (Wildman–Crippen LogP) is 5.54. The van der Waals surface area contributed by atoms with Gasteiger partial charge in [0.1, 0.15) is 6.29 Å². The maximum atomic E-state index is 10.7. The molecule has 3 rings (SSSR count). The fourth-order valence-electron chi connectivity index (χ4n) is 2.54. The van der Waals surface area contributed by atoms with Crippen LogP contribution >= 0.6 is 0 Å². The van der Waals surface area contributed by atoms with Crippen molar-refractivity contribution >= 4 is 12.4 Å². The lowest BCUT2D eigenvalue weighted by molar-refractivity contribution is 0.112. The molecule has 0 aliphatic carbocycles. The van der Waals surface area contributed by atoms with Crippen LogP contribution in [-0.4, -0.2) is 6.29 Å². The number of benzene rings is 3. The molecule has 1 heteroatoms. The van der Waals surface area contributed by atoms with Crippen LogP contribution in [0.15, 0.2) is 78.9 Å². The average molecular weight is 322 g/mol. The Labute approximate surface area is 148 Å². The van der Waals surface area contributed by atoms with Gasteiger partial charge in [0, 0.05) is 11.1 Å². The molecule has 0 heterocycles. The first kappa shape index (κ1) is 16.5. The van der Waals surface area contributed by atoms with Gasteiger partial charge in [-0.3, -0.25) is 4.79 Å². The molecule has 0 unspecified atom stereocenters. The molecule has 0 spiro atoms. The van der Waals surface area contributed by atoms with E-state index in [0.29, 0.717) is 5.56 Å². The summed E-state index contributed by atoms with van der Waals surface area (Å²) in [4.78, 5) is 10.7. The number of allylic oxidation sites excluding steroid dienone is 1. The zero-order valence-electron chi connectivity index (χ0n) is 14.1. The lowest BCUT2D eigenvalue weighted by Gasteiger charge is -2.06. The molecule has 0 aliphatic heterocycles. The highest BCUT2D eigenvalue weighted by molar-refractivity contribution is 5.76. The third kappa shape index (κ3) is 4.34. The minimum Gasteiger partial charge on any atom is -0.298 e. The van der Waals surface area contributed by atoms with Crippen LogP contribution in [0.4, 0.5) is 0 Å². The molecule has 0 saturated heterocycles. The summed E-state index contributed by atoms with van der Waals surface area (Å²) < 4.78 is 0. The highest BCUT2D eigenvalue weighted by Gasteiger charge is 2.01. The molecule has 0 aromatic heterocycles. The van der Waals surface area contributed by atoms with Gasteiger partial charge >= 0.3 is 0 Å². The fraction of sp³-hybridized carbons (Fsp3) is 0.0417. The standard InChI is InChI=1S/C24H18O/c1-19-10-16-23(17-11-19)24-9-5-4-8-22(24)7-3-2-6-20-12-14-21(18-25)15-13-20/h3-5,7-18H,1H3/b7-3+. The number of hydrogen-bond acceptors (Lipinski definition) is 1. The second-order valence-electron chi connectivity index (χ2n) is 5.80. The normalized spacial score (nSPS) is 10.3. The monoisotopic (exact) mass is 322 g/mol. The van der Waals surface area contributed by atoms with Crippen molar-refractivity contribution in [3.05, 3.63) is 101 Å². The van der Waals surface area contributed by atoms with Gasteiger partial charge in [-0.15, -0.1) is 0 Å². The predicted molar refractivity (Wildman–Crippen MR) is 104 cm³/mol. The van der Waals surface area contributed by atoms with E-state index in [1.807, 2.05) is 36.4 Å². The Morgan fingerprint density at radius 2 is 1.56 bits per heavy atom. The summed E-state index contributed by atoms with van der Waals surface area (Å²) in [6.07, 6.45) is 4.72. The molecule has 0 bridgehead atoms. The quantitative estimate of drug-likeness (QED) is 0.457. The van der Waals surface area contributed by atoms with Gasteiger partial charge in [0.05, 0.1) is 0 Å². The highest BCUT2D eigenvalue weighted by atomic mass is 16.1. The van der Waals surface area contributed by atoms with Crippen molar-refractivity contribution in [2.45, 2.75) is 6.92 Å². The molecule has 0 N–H and O–H groups in total. The van der Waals surface area contributed by atoms with Crippen molar-refractivity contribution in [2.75, 3.05) is 0 Å². The van der Waals surface area contributed by atoms with Crippen LogP contribution in [0.5, 0.6) is 0 Å². The lowest BCUT2D eigenvalue weighted by atomic mass is 9.98. The van der Waals surface area contributed by atoms with Gasteiger partial charge in [-0.05, 0) is 47.9 Å². The Hall–Kier alpha value is -3.37. The number of rotatable bonds is 3. The van der Waals surface area contributed by atoms with Crippen LogP contribution in [0.1, 0.15) is 27.0 Å². The van der Waals surface area contributed by atoms with Gasteiger partial charge in [0.25, 0.3) is 0 Å². The minimum atomic E-state index is 0.660. The summed E-state index contributed by atoms with van der Waals surface area (Å²) in [6, 6.07) is 24.1. The van der Waals surface area contributed by atoms with E-state index in [0.717, 1.165) is 17.4 Å². The Morgan fingerprint density at radius 3 is 2.28 bits per heavy atom. The Morgan fingerprint density at radius 1 is 0.840 bits per heavy atom. The first-order valence-electron chi connectivity index (χ1n) is 8.16. The molecule has 3 aromatic carbocycles. The van der Waals surface area contributed by atoms with Gasteiger partial charge in [-0.1, -0.05) is 78.1 Å². The molecule has 0 fully saturated rings.